The smallest absolute Gasteiger partial charge is 0.344 e. The summed E-state index contributed by atoms with van der Waals surface area (Å²) in [4.78, 5) is 11.5. The molecule has 18 heavy (non-hydrogen) atoms. The zero-order valence-corrected chi connectivity index (χ0v) is 14.6. The molecule has 1 rings (SSSR count). The number of esters is 1. The molecule has 100 valence electrons. The fraction of sp³-hybridized carbons (Fsp3) is 0.462. The normalized spacial score (nSPS) is 11.2. The minimum atomic E-state index is -0.483. The van der Waals surface area contributed by atoms with Gasteiger partial charge in [-0.25, -0.2) is 4.79 Å². The van der Waals surface area contributed by atoms with E-state index >= 15 is 0 Å². The van der Waals surface area contributed by atoms with Crippen molar-refractivity contribution >= 4 is 44.5 Å². The van der Waals surface area contributed by atoms with E-state index in [2.05, 4.69) is 38.5 Å². The molecule has 0 heterocycles. The standard InChI is InChI=1S/C13H16BrIO3/c1-8-10(6-5-9(14)12(8)15)17-7-11(16)18-13(2,3)4/h5-6H,7H2,1-4H3. The summed E-state index contributed by atoms with van der Waals surface area (Å²) in [5.41, 5.74) is 0.525. The van der Waals surface area contributed by atoms with E-state index in [1.165, 1.54) is 0 Å². The Morgan fingerprint density at radius 2 is 2.00 bits per heavy atom. The molecule has 0 unspecified atom stereocenters. The molecule has 3 nitrogen and oxygen atoms in total. The summed E-state index contributed by atoms with van der Waals surface area (Å²) in [5.74, 6) is 0.341. The van der Waals surface area contributed by atoms with E-state index in [0.29, 0.717) is 5.75 Å². The maximum Gasteiger partial charge on any atom is 0.344 e. The van der Waals surface area contributed by atoms with Crippen molar-refractivity contribution in [2.45, 2.75) is 33.3 Å². The first-order valence-corrected chi connectivity index (χ1v) is 7.37. The zero-order chi connectivity index (χ0) is 13.9. The SMILES string of the molecule is Cc1c(OCC(=O)OC(C)(C)C)ccc(Br)c1I. The highest BCUT2D eigenvalue weighted by atomic mass is 127. The van der Waals surface area contributed by atoms with Crippen LogP contribution in [0.4, 0.5) is 0 Å². The lowest BCUT2D eigenvalue weighted by molar-refractivity contribution is -0.157. The predicted octanol–water partition coefficient (Wildman–Crippen LogP) is 4.08. The lowest BCUT2D eigenvalue weighted by Crippen LogP contribution is -2.27. The van der Waals surface area contributed by atoms with Crippen LogP contribution in [0.25, 0.3) is 0 Å². The van der Waals surface area contributed by atoms with Crippen LogP contribution in [0.1, 0.15) is 26.3 Å². The highest BCUT2D eigenvalue weighted by Gasteiger charge is 2.17. The molecule has 0 saturated heterocycles. The van der Waals surface area contributed by atoms with Crippen molar-refractivity contribution in [3.8, 4) is 5.75 Å². The van der Waals surface area contributed by atoms with Crippen molar-refractivity contribution in [1.82, 2.24) is 0 Å². The Kier molecular flexibility index (Phi) is 5.46. The molecular weight excluding hydrogens is 411 g/mol. The third-order valence-electron chi connectivity index (χ3n) is 2.06. The number of ether oxygens (including phenoxy) is 2. The number of hydrogen-bond donors (Lipinski definition) is 0. The summed E-state index contributed by atoms with van der Waals surface area (Å²) in [5, 5.41) is 0. The molecule has 0 aromatic heterocycles. The summed E-state index contributed by atoms with van der Waals surface area (Å²) < 4.78 is 12.8. The van der Waals surface area contributed by atoms with Gasteiger partial charge in [-0.05, 0) is 78.3 Å². The fourth-order valence-corrected chi connectivity index (χ4v) is 2.17. The molecule has 0 atom stereocenters. The number of hydrogen-bond acceptors (Lipinski definition) is 3. The molecule has 0 saturated carbocycles. The Labute approximate surface area is 130 Å². The number of carbonyl (C=O) groups excluding carboxylic acids is 1. The molecule has 0 aliphatic rings. The van der Waals surface area contributed by atoms with E-state index in [-0.39, 0.29) is 12.6 Å². The van der Waals surface area contributed by atoms with Crippen LogP contribution < -0.4 is 4.74 Å². The van der Waals surface area contributed by atoms with E-state index in [4.69, 9.17) is 9.47 Å². The van der Waals surface area contributed by atoms with Crippen LogP contribution in [0.2, 0.25) is 0 Å². The molecule has 0 amide bonds. The maximum atomic E-state index is 11.5. The molecule has 0 spiro atoms. The van der Waals surface area contributed by atoms with Gasteiger partial charge in [0.25, 0.3) is 0 Å². The van der Waals surface area contributed by atoms with E-state index in [1.807, 2.05) is 39.8 Å². The average molecular weight is 427 g/mol. The Morgan fingerprint density at radius 3 is 2.56 bits per heavy atom. The molecule has 0 N–H and O–H groups in total. The number of halogens is 2. The Morgan fingerprint density at radius 1 is 1.39 bits per heavy atom. The predicted molar refractivity (Wildman–Crippen MR) is 82.9 cm³/mol. The van der Waals surface area contributed by atoms with Crippen LogP contribution in [-0.2, 0) is 9.53 Å². The summed E-state index contributed by atoms with van der Waals surface area (Å²) >= 11 is 5.68. The summed E-state index contributed by atoms with van der Waals surface area (Å²) in [7, 11) is 0. The molecule has 0 fully saturated rings. The topological polar surface area (TPSA) is 35.5 Å². The van der Waals surface area contributed by atoms with Crippen molar-refractivity contribution in [3.05, 3.63) is 25.7 Å². The van der Waals surface area contributed by atoms with Crippen molar-refractivity contribution in [2.75, 3.05) is 6.61 Å². The molecule has 1 aromatic carbocycles. The Balaban J connectivity index is 2.65. The first-order valence-electron chi connectivity index (χ1n) is 5.50. The number of benzene rings is 1. The van der Waals surface area contributed by atoms with Crippen LogP contribution in [0, 0.1) is 10.5 Å². The summed E-state index contributed by atoms with van der Waals surface area (Å²) in [6.45, 7) is 7.38. The average Bonchev–Trinajstić information content (AvgIpc) is 2.22. The third kappa shape index (κ3) is 4.76. The van der Waals surface area contributed by atoms with Gasteiger partial charge in [0.2, 0.25) is 0 Å². The van der Waals surface area contributed by atoms with Crippen LogP contribution in [-0.4, -0.2) is 18.2 Å². The Hall–Kier alpha value is -0.300. The van der Waals surface area contributed by atoms with Gasteiger partial charge >= 0.3 is 5.97 Å². The van der Waals surface area contributed by atoms with Crippen LogP contribution in [0.5, 0.6) is 5.75 Å². The minimum Gasteiger partial charge on any atom is -0.482 e. The molecule has 0 aliphatic carbocycles. The monoisotopic (exact) mass is 426 g/mol. The first-order chi connectivity index (χ1) is 8.20. The van der Waals surface area contributed by atoms with E-state index in [1.54, 1.807) is 0 Å². The van der Waals surface area contributed by atoms with E-state index < -0.39 is 5.60 Å². The fourth-order valence-electron chi connectivity index (χ4n) is 1.30. The summed E-state index contributed by atoms with van der Waals surface area (Å²) in [6, 6.07) is 3.74. The van der Waals surface area contributed by atoms with Crippen molar-refractivity contribution < 1.29 is 14.3 Å². The van der Waals surface area contributed by atoms with Crippen LogP contribution >= 0.6 is 38.5 Å². The second-order valence-electron chi connectivity index (χ2n) is 4.86. The van der Waals surface area contributed by atoms with Gasteiger partial charge in [-0.1, -0.05) is 0 Å². The molecule has 0 radical (unpaired) electrons. The Bertz CT molecular complexity index is 452. The van der Waals surface area contributed by atoms with Crippen molar-refractivity contribution in [2.24, 2.45) is 0 Å². The molecular formula is C13H16BrIO3. The van der Waals surface area contributed by atoms with Crippen molar-refractivity contribution in [3.63, 3.8) is 0 Å². The summed E-state index contributed by atoms with van der Waals surface area (Å²) in [6.07, 6.45) is 0. The third-order valence-corrected chi connectivity index (χ3v) is 4.85. The second-order valence-corrected chi connectivity index (χ2v) is 6.79. The number of carbonyl (C=O) groups is 1. The largest absolute Gasteiger partial charge is 0.482 e. The number of rotatable bonds is 3. The van der Waals surface area contributed by atoms with Gasteiger partial charge in [0, 0.05) is 13.6 Å². The highest BCUT2D eigenvalue weighted by Crippen LogP contribution is 2.29. The minimum absolute atomic E-state index is 0.0736. The van der Waals surface area contributed by atoms with E-state index in [9.17, 15) is 4.79 Å². The van der Waals surface area contributed by atoms with Gasteiger partial charge in [-0.3, -0.25) is 0 Å². The van der Waals surface area contributed by atoms with Crippen LogP contribution in [0.3, 0.4) is 0 Å². The first kappa shape index (κ1) is 15.8. The molecule has 1 aromatic rings. The van der Waals surface area contributed by atoms with Gasteiger partial charge in [-0.15, -0.1) is 0 Å². The van der Waals surface area contributed by atoms with E-state index in [0.717, 1.165) is 13.6 Å². The van der Waals surface area contributed by atoms with Crippen molar-refractivity contribution in [1.29, 1.82) is 0 Å². The lowest BCUT2D eigenvalue weighted by Gasteiger charge is -2.19. The molecule has 5 heteroatoms. The van der Waals surface area contributed by atoms with Crippen LogP contribution in [0.15, 0.2) is 16.6 Å². The van der Waals surface area contributed by atoms with Gasteiger partial charge in [0.1, 0.15) is 11.4 Å². The van der Waals surface area contributed by atoms with Gasteiger partial charge in [0.05, 0.1) is 0 Å². The zero-order valence-electron chi connectivity index (χ0n) is 10.8. The molecule has 0 bridgehead atoms. The lowest BCUT2D eigenvalue weighted by atomic mass is 10.2. The van der Waals surface area contributed by atoms with Gasteiger partial charge in [0.15, 0.2) is 6.61 Å². The quantitative estimate of drug-likeness (QED) is 0.539. The maximum absolute atomic E-state index is 11.5. The molecule has 0 aliphatic heterocycles. The highest BCUT2D eigenvalue weighted by molar-refractivity contribution is 14.1. The van der Waals surface area contributed by atoms with Gasteiger partial charge in [-0.2, -0.15) is 0 Å². The van der Waals surface area contributed by atoms with Gasteiger partial charge < -0.3 is 9.47 Å². The second kappa shape index (κ2) is 6.23.